The van der Waals surface area contributed by atoms with E-state index in [9.17, 15) is 18.0 Å². The van der Waals surface area contributed by atoms with Crippen LogP contribution in [0.2, 0.25) is 0 Å². The van der Waals surface area contributed by atoms with E-state index in [1.54, 1.807) is 24.3 Å². The van der Waals surface area contributed by atoms with Gasteiger partial charge in [0.1, 0.15) is 6.04 Å². The smallest absolute Gasteiger partial charge is 0.267 e. The molecular weight excluding hydrogens is 388 g/mol. The number of nitrogens with one attached hydrogen (secondary N) is 1. The van der Waals surface area contributed by atoms with E-state index in [1.165, 1.54) is 17.7 Å². The number of carbonyl (C=O) groups excluding carboxylic acids is 2. The number of aryl methyl sites for hydroxylation is 1. The first-order valence-corrected chi connectivity index (χ1v) is 11.2. The van der Waals surface area contributed by atoms with Crippen molar-refractivity contribution in [3.8, 4) is 0 Å². The Kier molecular flexibility index (Phi) is 6.07. The van der Waals surface area contributed by atoms with Gasteiger partial charge in [-0.3, -0.25) is 9.59 Å². The van der Waals surface area contributed by atoms with E-state index in [0.29, 0.717) is 11.6 Å². The summed E-state index contributed by atoms with van der Waals surface area (Å²) in [7, 11) is -4.09. The topological polar surface area (TPSA) is 83.6 Å². The first-order valence-electron chi connectivity index (χ1n) is 9.78. The van der Waals surface area contributed by atoms with Gasteiger partial charge in [0.25, 0.3) is 10.0 Å². The normalized spacial score (nSPS) is 18.0. The van der Waals surface area contributed by atoms with E-state index in [-0.39, 0.29) is 17.7 Å². The Morgan fingerprint density at radius 1 is 1.14 bits per heavy atom. The van der Waals surface area contributed by atoms with Crippen molar-refractivity contribution in [1.29, 1.82) is 0 Å². The number of amides is 2. The second-order valence-corrected chi connectivity index (χ2v) is 9.30. The molecule has 1 heterocycles. The highest BCUT2D eigenvalue weighted by molar-refractivity contribution is 7.89. The molecule has 0 saturated carbocycles. The molecule has 2 aromatic rings. The molecule has 1 aliphatic heterocycles. The fourth-order valence-electron chi connectivity index (χ4n) is 3.38. The predicted molar refractivity (Wildman–Crippen MR) is 112 cm³/mol. The third kappa shape index (κ3) is 4.34. The van der Waals surface area contributed by atoms with Gasteiger partial charge in [0.05, 0.1) is 4.90 Å². The monoisotopic (exact) mass is 414 g/mol. The van der Waals surface area contributed by atoms with Crippen molar-refractivity contribution in [3.05, 3.63) is 59.7 Å². The van der Waals surface area contributed by atoms with Crippen molar-refractivity contribution in [1.82, 2.24) is 4.31 Å². The van der Waals surface area contributed by atoms with Gasteiger partial charge in [0, 0.05) is 12.1 Å². The summed E-state index contributed by atoms with van der Waals surface area (Å²) in [5.41, 5.74) is 2.66. The largest absolute Gasteiger partial charge is 0.324 e. The fraction of sp³-hybridized carbons (Fsp3) is 0.364. The van der Waals surface area contributed by atoms with E-state index in [2.05, 4.69) is 19.2 Å². The highest BCUT2D eigenvalue weighted by Gasteiger charge is 2.44. The van der Waals surface area contributed by atoms with Crippen molar-refractivity contribution in [2.24, 2.45) is 0 Å². The van der Waals surface area contributed by atoms with Crippen LogP contribution in [0.4, 0.5) is 5.69 Å². The number of hydrogen-bond donors (Lipinski definition) is 1. The molecule has 2 aromatic carbocycles. The van der Waals surface area contributed by atoms with Gasteiger partial charge in [-0.15, -0.1) is 0 Å². The SMILES string of the molecule is CC[C@@H](C)c1ccc(NC(=O)[C@@H]2CCC(=O)N2S(=O)(=O)c2ccc(C)cc2)cc1. The van der Waals surface area contributed by atoms with Crippen LogP contribution in [0.1, 0.15) is 50.2 Å². The average molecular weight is 415 g/mol. The van der Waals surface area contributed by atoms with Crippen LogP contribution in [0.15, 0.2) is 53.4 Å². The molecule has 6 nitrogen and oxygen atoms in total. The summed E-state index contributed by atoms with van der Waals surface area (Å²) in [5.74, 6) is -0.636. The molecule has 0 aromatic heterocycles. The number of hydrogen-bond acceptors (Lipinski definition) is 4. The van der Waals surface area contributed by atoms with Gasteiger partial charge in [0.15, 0.2) is 0 Å². The molecule has 1 saturated heterocycles. The highest BCUT2D eigenvalue weighted by atomic mass is 32.2. The molecular formula is C22H26N2O4S. The third-order valence-corrected chi connectivity index (χ3v) is 7.24. The zero-order chi connectivity index (χ0) is 21.2. The van der Waals surface area contributed by atoms with Crippen LogP contribution in [-0.4, -0.2) is 30.6 Å². The Balaban J connectivity index is 1.81. The van der Waals surface area contributed by atoms with Gasteiger partial charge < -0.3 is 5.32 Å². The summed E-state index contributed by atoms with van der Waals surface area (Å²) in [6.07, 6.45) is 1.21. The second-order valence-electron chi connectivity index (χ2n) is 7.48. The highest BCUT2D eigenvalue weighted by Crippen LogP contribution is 2.28. The molecule has 0 aliphatic carbocycles. The maximum atomic E-state index is 13.0. The molecule has 1 N–H and O–H groups in total. The van der Waals surface area contributed by atoms with Crippen molar-refractivity contribution >= 4 is 27.5 Å². The van der Waals surface area contributed by atoms with Crippen LogP contribution >= 0.6 is 0 Å². The molecule has 0 unspecified atom stereocenters. The van der Waals surface area contributed by atoms with E-state index in [1.807, 2.05) is 19.1 Å². The zero-order valence-electron chi connectivity index (χ0n) is 16.9. The Morgan fingerprint density at radius 3 is 2.34 bits per heavy atom. The summed E-state index contributed by atoms with van der Waals surface area (Å²) in [6.45, 7) is 6.09. The summed E-state index contributed by atoms with van der Waals surface area (Å²) in [5, 5.41) is 2.75. The van der Waals surface area contributed by atoms with Gasteiger partial charge in [-0.25, -0.2) is 12.7 Å². The molecule has 7 heteroatoms. The summed E-state index contributed by atoms with van der Waals surface area (Å²) in [4.78, 5) is 25.2. The predicted octanol–water partition coefficient (Wildman–Crippen LogP) is 3.83. The van der Waals surface area contributed by atoms with Crippen LogP contribution in [0, 0.1) is 6.92 Å². The van der Waals surface area contributed by atoms with Crippen LogP contribution in [0.3, 0.4) is 0 Å². The van der Waals surface area contributed by atoms with Gasteiger partial charge in [-0.1, -0.05) is 43.7 Å². The van der Waals surface area contributed by atoms with Crippen molar-refractivity contribution in [3.63, 3.8) is 0 Å². The number of sulfonamides is 1. The lowest BCUT2D eigenvalue weighted by molar-refractivity contribution is -0.128. The standard InChI is InChI=1S/C22H26N2O4S/c1-4-16(3)17-7-9-18(10-8-17)23-22(26)20-13-14-21(25)24(20)29(27,28)19-11-5-15(2)6-12-19/h5-12,16,20H,4,13-14H2,1-3H3,(H,23,26)/t16-,20+/m1/s1. The van der Waals surface area contributed by atoms with Crippen LogP contribution < -0.4 is 5.32 Å². The molecule has 0 radical (unpaired) electrons. The van der Waals surface area contributed by atoms with E-state index < -0.39 is 27.9 Å². The van der Waals surface area contributed by atoms with Crippen molar-refractivity contribution < 1.29 is 18.0 Å². The van der Waals surface area contributed by atoms with Crippen molar-refractivity contribution in [2.75, 3.05) is 5.32 Å². The van der Waals surface area contributed by atoms with E-state index in [4.69, 9.17) is 0 Å². The molecule has 1 aliphatic rings. The molecule has 154 valence electrons. The lowest BCUT2D eigenvalue weighted by atomic mass is 9.98. The third-order valence-electron chi connectivity index (χ3n) is 5.40. The number of nitrogens with zero attached hydrogens (tertiary/aromatic N) is 1. The molecule has 3 rings (SSSR count). The van der Waals surface area contributed by atoms with Crippen molar-refractivity contribution in [2.45, 2.75) is 56.9 Å². The van der Waals surface area contributed by atoms with Gasteiger partial charge >= 0.3 is 0 Å². The first kappa shape index (κ1) is 21.0. The van der Waals surface area contributed by atoms with E-state index >= 15 is 0 Å². The van der Waals surface area contributed by atoms with Gasteiger partial charge in [0.2, 0.25) is 11.8 Å². The molecule has 2 atom stereocenters. The van der Waals surface area contributed by atoms with Crippen LogP contribution in [-0.2, 0) is 19.6 Å². The molecule has 29 heavy (non-hydrogen) atoms. The second kappa shape index (κ2) is 8.37. The summed E-state index contributed by atoms with van der Waals surface area (Å²) >= 11 is 0. The Morgan fingerprint density at radius 2 is 1.76 bits per heavy atom. The minimum Gasteiger partial charge on any atom is -0.324 e. The lowest BCUT2D eigenvalue weighted by Gasteiger charge is -2.24. The maximum absolute atomic E-state index is 13.0. The number of rotatable bonds is 6. The Labute approximate surface area is 172 Å². The Hall–Kier alpha value is -2.67. The number of benzene rings is 2. The van der Waals surface area contributed by atoms with Crippen LogP contribution in [0.5, 0.6) is 0 Å². The van der Waals surface area contributed by atoms with Gasteiger partial charge in [-0.05, 0) is 55.5 Å². The lowest BCUT2D eigenvalue weighted by Crippen LogP contribution is -2.45. The molecule has 0 bridgehead atoms. The molecule has 0 spiro atoms. The Bertz CT molecular complexity index is 998. The quantitative estimate of drug-likeness (QED) is 0.779. The minimum atomic E-state index is -4.09. The number of anilines is 1. The number of carbonyl (C=O) groups is 2. The van der Waals surface area contributed by atoms with Crippen LogP contribution in [0.25, 0.3) is 0 Å². The fourth-order valence-corrected chi connectivity index (χ4v) is 4.98. The maximum Gasteiger partial charge on any atom is 0.267 e. The summed E-state index contributed by atoms with van der Waals surface area (Å²) in [6, 6.07) is 12.7. The molecule has 1 fully saturated rings. The average Bonchev–Trinajstić information content (AvgIpc) is 3.10. The van der Waals surface area contributed by atoms with E-state index in [0.717, 1.165) is 16.3 Å². The van der Waals surface area contributed by atoms with Gasteiger partial charge in [-0.2, -0.15) is 0 Å². The summed E-state index contributed by atoms with van der Waals surface area (Å²) < 4.78 is 26.7. The zero-order valence-corrected chi connectivity index (χ0v) is 17.7. The molecule has 2 amide bonds. The first-order chi connectivity index (χ1) is 13.7. The minimum absolute atomic E-state index is 0.00839.